The van der Waals surface area contributed by atoms with Crippen LogP contribution in [0.5, 0.6) is 5.75 Å². The summed E-state index contributed by atoms with van der Waals surface area (Å²) in [7, 11) is 0.400. The molecule has 9 nitrogen and oxygen atoms in total. The molecule has 0 bridgehead atoms. The zero-order valence-electron chi connectivity index (χ0n) is 22.2. The van der Waals surface area contributed by atoms with Crippen molar-refractivity contribution in [2.45, 2.75) is 46.7 Å². The second-order valence-corrected chi connectivity index (χ2v) is 10.8. The van der Waals surface area contributed by atoms with Crippen LogP contribution < -0.4 is 14.4 Å². The van der Waals surface area contributed by atoms with Crippen LogP contribution in [0.3, 0.4) is 0 Å². The van der Waals surface area contributed by atoms with Gasteiger partial charge in [0.1, 0.15) is 18.3 Å². The molecule has 0 aliphatic rings. The molecule has 2 amide bonds. The second kappa shape index (κ2) is 12.7. The maximum atomic E-state index is 13.9. The topological polar surface area (TPSA) is 99.3 Å². The number of nitrogens with one attached hydrogen (secondary N) is 1. The molecule has 1 unspecified atom stereocenters. The Morgan fingerprint density at radius 1 is 1.06 bits per heavy atom. The maximum Gasteiger partial charge on any atom is 0.304 e. The average molecular weight is 519 g/mol. The number of ether oxygens (including phenoxy) is 1. The Bertz CT molecular complexity index is 1170. The van der Waals surface area contributed by atoms with Crippen molar-refractivity contribution < 1.29 is 22.7 Å². The van der Waals surface area contributed by atoms with E-state index in [2.05, 4.69) is 5.32 Å². The zero-order valence-corrected chi connectivity index (χ0v) is 23.1. The fourth-order valence-electron chi connectivity index (χ4n) is 3.87. The quantitative estimate of drug-likeness (QED) is 0.466. The minimum absolute atomic E-state index is 0.119. The van der Waals surface area contributed by atoms with Crippen LogP contribution in [-0.2, 0) is 26.3 Å². The SMILES string of the molecule is CCNC(=O)C(CC)N(Cc1cccc(OC)c1)C(=O)CN(c1cc(C)ccc1C)S(=O)(=O)N(C)C. The fourth-order valence-corrected chi connectivity index (χ4v) is 4.98. The Morgan fingerprint density at radius 2 is 1.75 bits per heavy atom. The maximum absolute atomic E-state index is 13.9. The van der Waals surface area contributed by atoms with Crippen LogP contribution in [0, 0.1) is 13.8 Å². The Balaban J connectivity index is 2.56. The van der Waals surface area contributed by atoms with Gasteiger partial charge in [-0.25, -0.2) is 4.31 Å². The van der Waals surface area contributed by atoms with Crippen LogP contribution in [0.25, 0.3) is 0 Å². The third-order valence-electron chi connectivity index (χ3n) is 5.88. The van der Waals surface area contributed by atoms with E-state index in [0.717, 1.165) is 19.7 Å². The van der Waals surface area contributed by atoms with Crippen LogP contribution in [0.2, 0.25) is 0 Å². The molecule has 0 radical (unpaired) electrons. The molecule has 2 rings (SSSR count). The van der Waals surface area contributed by atoms with Crippen LogP contribution in [0.1, 0.15) is 37.0 Å². The predicted octanol–water partition coefficient (Wildman–Crippen LogP) is 2.87. The van der Waals surface area contributed by atoms with E-state index in [-0.39, 0.29) is 12.5 Å². The number of carbonyl (C=O) groups is 2. The van der Waals surface area contributed by atoms with E-state index in [4.69, 9.17) is 4.74 Å². The molecule has 2 aromatic carbocycles. The lowest BCUT2D eigenvalue weighted by Gasteiger charge is -2.34. The van der Waals surface area contributed by atoms with Gasteiger partial charge in [-0.3, -0.25) is 9.59 Å². The van der Waals surface area contributed by atoms with E-state index in [1.165, 1.54) is 19.0 Å². The van der Waals surface area contributed by atoms with Gasteiger partial charge in [-0.05, 0) is 62.1 Å². The van der Waals surface area contributed by atoms with E-state index in [1.807, 2.05) is 45.0 Å². The molecule has 0 heterocycles. The lowest BCUT2D eigenvalue weighted by Crippen LogP contribution is -2.53. The van der Waals surface area contributed by atoms with Crippen molar-refractivity contribution in [3.63, 3.8) is 0 Å². The van der Waals surface area contributed by atoms with Gasteiger partial charge in [0, 0.05) is 27.2 Å². The molecular formula is C26H38N4O5S. The number of hydrogen-bond acceptors (Lipinski definition) is 5. The lowest BCUT2D eigenvalue weighted by molar-refractivity contribution is -0.140. The van der Waals surface area contributed by atoms with Gasteiger partial charge in [0.2, 0.25) is 11.8 Å². The van der Waals surface area contributed by atoms with Gasteiger partial charge in [-0.15, -0.1) is 0 Å². The van der Waals surface area contributed by atoms with Crippen LogP contribution in [0.4, 0.5) is 5.69 Å². The highest BCUT2D eigenvalue weighted by molar-refractivity contribution is 7.90. The van der Waals surface area contributed by atoms with Gasteiger partial charge in [-0.2, -0.15) is 12.7 Å². The molecule has 1 N–H and O–H groups in total. The summed E-state index contributed by atoms with van der Waals surface area (Å²) in [6.45, 7) is 7.38. The number of methoxy groups -OCH3 is 1. The molecule has 10 heteroatoms. The van der Waals surface area contributed by atoms with Crippen LogP contribution in [0.15, 0.2) is 42.5 Å². The summed E-state index contributed by atoms with van der Waals surface area (Å²) in [6.07, 6.45) is 0.367. The Labute approximate surface area is 215 Å². The first-order valence-electron chi connectivity index (χ1n) is 11.9. The van der Waals surface area contributed by atoms with E-state index in [0.29, 0.717) is 30.0 Å². The monoisotopic (exact) mass is 518 g/mol. The Kier molecular flexibility index (Phi) is 10.3. The highest BCUT2D eigenvalue weighted by Crippen LogP contribution is 2.26. The molecule has 36 heavy (non-hydrogen) atoms. The largest absolute Gasteiger partial charge is 0.497 e. The van der Waals surface area contributed by atoms with Gasteiger partial charge in [0.05, 0.1) is 12.8 Å². The van der Waals surface area contributed by atoms with E-state index in [1.54, 1.807) is 32.2 Å². The average Bonchev–Trinajstić information content (AvgIpc) is 2.84. The van der Waals surface area contributed by atoms with Crippen LogP contribution in [-0.4, -0.2) is 69.8 Å². The number of aryl methyl sites for hydroxylation is 2. The van der Waals surface area contributed by atoms with Crippen molar-refractivity contribution in [1.29, 1.82) is 0 Å². The molecule has 0 saturated heterocycles. The minimum atomic E-state index is -4.01. The molecule has 1 atom stereocenters. The van der Waals surface area contributed by atoms with Gasteiger partial charge in [-0.1, -0.05) is 31.2 Å². The normalized spacial score (nSPS) is 12.2. The molecule has 198 valence electrons. The highest BCUT2D eigenvalue weighted by atomic mass is 32.2. The molecule has 0 saturated carbocycles. The van der Waals surface area contributed by atoms with E-state index < -0.39 is 28.7 Å². The number of rotatable bonds is 12. The summed E-state index contributed by atoms with van der Waals surface area (Å²) >= 11 is 0. The first-order valence-corrected chi connectivity index (χ1v) is 13.3. The smallest absolute Gasteiger partial charge is 0.304 e. The third kappa shape index (κ3) is 6.98. The van der Waals surface area contributed by atoms with E-state index >= 15 is 0 Å². The van der Waals surface area contributed by atoms with Gasteiger partial charge >= 0.3 is 10.2 Å². The summed E-state index contributed by atoms with van der Waals surface area (Å²) in [4.78, 5) is 28.2. The predicted molar refractivity (Wildman–Crippen MR) is 142 cm³/mol. The summed E-state index contributed by atoms with van der Waals surface area (Å²) in [5.74, 6) is -0.148. The minimum Gasteiger partial charge on any atom is -0.497 e. The fraction of sp³-hybridized carbons (Fsp3) is 0.462. The molecule has 0 aromatic heterocycles. The Hall–Kier alpha value is -3.11. The van der Waals surface area contributed by atoms with E-state index in [9.17, 15) is 18.0 Å². The lowest BCUT2D eigenvalue weighted by atomic mass is 10.1. The summed E-state index contributed by atoms with van der Waals surface area (Å²) in [5.41, 5.74) is 2.77. The third-order valence-corrected chi connectivity index (χ3v) is 7.68. The van der Waals surface area contributed by atoms with Crippen molar-refractivity contribution in [3.05, 3.63) is 59.2 Å². The van der Waals surface area contributed by atoms with Crippen LogP contribution >= 0.6 is 0 Å². The number of carbonyl (C=O) groups excluding carboxylic acids is 2. The number of likely N-dealkylation sites (N-methyl/N-ethyl adjacent to an activating group) is 1. The molecule has 2 aromatic rings. The number of nitrogens with zero attached hydrogens (tertiary/aromatic N) is 3. The second-order valence-electron chi connectivity index (χ2n) is 8.78. The molecule has 0 aliphatic carbocycles. The number of amides is 2. The van der Waals surface area contributed by atoms with Gasteiger partial charge in [0.25, 0.3) is 0 Å². The van der Waals surface area contributed by atoms with Crippen molar-refractivity contribution >= 4 is 27.7 Å². The first kappa shape index (κ1) is 29.1. The molecule has 0 fully saturated rings. The van der Waals surface area contributed by atoms with Gasteiger partial charge < -0.3 is 15.0 Å². The molecular weight excluding hydrogens is 480 g/mol. The van der Waals surface area contributed by atoms with Crippen molar-refractivity contribution in [3.8, 4) is 5.75 Å². The summed E-state index contributed by atoms with van der Waals surface area (Å²) in [6, 6.07) is 11.9. The summed E-state index contributed by atoms with van der Waals surface area (Å²) < 4.78 is 34.2. The zero-order chi connectivity index (χ0) is 27.0. The Morgan fingerprint density at radius 3 is 2.33 bits per heavy atom. The molecule has 0 spiro atoms. The number of hydrogen-bond donors (Lipinski definition) is 1. The summed E-state index contributed by atoms with van der Waals surface area (Å²) in [5, 5.41) is 2.79. The van der Waals surface area contributed by atoms with Crippen molar-refractivity contribution in [2.24, 2.45) is 0 Å². The first-order chi connectivity index (χ1) is 17.0. The van der Waals surface area contributed by atoms with Crippen molar-refractivity contribution in [2.75, 3.05) is 38.6 Å². The standard InChI is InChI=1S/C26H38N4O5S/c1-8-23(26(32)27-9-2)29(17-21-11-10-12-22(16-21)35-7)25(31)18-30(36(33,34)28(5)6)24-15-19(3)13-14-20(24)4/h10-16,23H,8-9,17-18H2,1-7H3,(H,27,32). The number of benzene rings is 2. The highest BCUT2D eigenvalue weighted by Gasteiger charge is 2.34. The van der Waals surface area contributed by atoms with Crippen molar-refractivity contribution in [1.82, 2.24) is 14.5 Å². The van der Waals surface area contributed by atoms with Gasteiger partial charge in [0.15, 0.2) is 0 Å². The number of anilines is 1. The molecule has 0 aliphatic heterocycles.